The van der Waals surface area contributed by atoms with Gasteiger partial charge >= 0.3 is 12.3 Å². The molecule has 1 aliphatic carbocycles. The minimum atomic E-state index is -4.64. The van der Waals surface area contributed by atoms with Gasteiger partial charge < -0.3 is 15.3 Å². The third kappa shape index (κ3) is 6.13. The lowest BCUT2D eigenvalue weighted by atomic mass is 9.97. The van der Waals surface area contributed by atoms with Crippen LogP contribution in [0.4, 0.5) is 18.0 Å². The van der Waals surface area contributed by atoms with E-state index in [-0.39, 0.29) is 49.3 Å². The molecule has 2 N–H and O–H groups in total. The summed E-state index contributed by atoms with van der Waals surface area (Å²) in [5, 5.41) is 12.5. The molecule has 1 heterocycles. The number of alkyl halides is 3. The van der Waals surface area contributed by atoms with Gasteiger partial charge in [-0.2, -0.15) is 17.5 Å². The Bertz CT molecular complexity index is 1090. The van der Waals surface area contributed by atoms with E-state index < -0.39 is 38.3 Å². The van der Waals surface area contributed by atoms with Crippen molar-refractivity contribution >= 4 is 22.0 Å². The molecule has 1 aromatic rings. The number of benzene rings is 1. The van der Waals surface area contributed by atoms with Crippen LogP contribution in [0.5, 0.6) is 0 Å². The third-order valence-corrected chi connectivity index (χ3v) is 8.96. The van der Waals surface area contributed by atoms with Crippen LogP contribution in [0.25, 0.3) is 0 Å². The van der Waals surface area contributed by atoms with Gasteiger partial charge in [-0.25, -0.2) is 13.2 Å². The lowest BCUT2D eigenvalue weighted by molar-refractivity contribution is -0.137. The van der Waals surface area contributed by atoms with Crippen molar-refractivity contribution in [3.8, 4) is 0 Å². The molecule has 1 aromatic carbocycles. The van der Waals surface area contributed by atoms with Gasteiger partial charge in [-0.05, 0) is 77.0 Å². The molecular formula is C24H34F3N3O5S. The first-order chi connectivity index (χ1) is 16.5. The van der Waals surface area contributed by atoms with Crippen molar-refractivity contribution in [2.75, 3.05) is 13.1 Å². The highest BCUT2D eigenvalue weighted by Gasteiger charge is 2.47. The lowest BCUT2D eigenvalue weighted by Crippen LogP contribution is -2.50. The van der Waals surface area contributed by atoms with E-state index in [2.05, 4.69) is 5.32 Å². The van der Waals surface area contributed by atoms with E-state index in [4.69, 9.17) is 0 Å². The molecule has 0 spiro atoms. The molecule has 1 aliphatic heterocycles. The zero-order valence-electron chi connectivity index (χ0n) is 20.9. The Balaban J connectivity index is 1.61. The van der Waals surface area contributed by atoms with Gasteiger partial charge in [0.05, 0.1) is 10.5 Å². The van der Waals surface area contributed by atoms with Crippen LogP contribution in [-0.2, 0) is 21.0 Å². The minimum Gasteiger partial charge on any atom is -0.465 e. The zero-order chi connectivity index (χ0) is 27.1. The van der Waals surface area contributed by atoms with E-state index in [9.17, 15) is 36.3 Å². The van der Waals surface area contributed by atoms with Crippen LogP contribution in [-0.4, -0.2) is 65.4 Å². The van der Waals surface area contributed by atoms with Crippen LogP contribution >= 0.6 is 0 Å². The maximum absolute atomic E-state index is 13.1. The molecule has 0 radical (unpaired) electrons. The summed E-state index contributed by atoms with van der Waals surface area (Å²) in [6.45, 7) is 7.44. The average molecular weight is 534 g/mol. The van der Waals surface area contributed by atoms with Crippen LogP contribution in [0.3, 0.4) is 0 Å². The summed E-state index contributed by atoms with van der Waals surface area (Å²) in [7, 11) is -4.11. The Hall–Kier alpha value is -2.34. The number of nitrogens with one attached hydrogen (secondary N) is 1. The Morgan fingerprint density at radius 1 is 1.19 bits per heavy atom. The van der Waals surface area contributed by atoms with E-state index in [0.717, 1.165) is 18.2 Å². The van der Waals surface area contributed by atoms with E-state index in [0.29, 0.717) is 25.3 Å². The predicted molar refractivity (Wildman–Crippen MR) is 127 cm³/mol. The standard InChI is InChI=1S/C24H34F3N3O5S/c1-15(30(22(32)33)23(2,3)4)8-11-21(31)28-20-10-9-16-13-29(14-19(16)20)36(34,35)18-7-5-6-17(12-18)24(25,26)27/h5-7,12,15-16,19-20H,8-11,13-14H2,1-4H3,(H,28,31)(H,32,33)/t15?,16-,19+,20+/m0/s1. The molecule has 1 unspecified atom stereocenters. The molecule has 0 bridgehead atoms. The number of hydrogen-bond donors (Lipinski definition) is 2. The quantitative estimate of drug-likeness (QED) is 0.547. The first-order valence-corrected chi connectivity index (χ1v) is 13.4. The zero-order valence-corrected chi connectivity index (χ0v) is 21.7. The second kappa shape index (κ2) is 10.2. The van der Waals surface area contributed by atoms with Gasteiger partial charge in [0, 0.05) is 37.1 Å². The smallest absolute Gasteiger partial charge is 0.416 e. The van der Waals surface area contributed by atoms with E-state index in [1.54, 1.807) is 27.7 Å². The molecule has 4 atom stereocenters. The van der Waals surface area contributed by atoms with Gasteiger partial charge in [0.25, 0.3) is 0 Å². The topological polar surface area (TPSA) is 107 Å². The van der Waals surface area contributed by atoms with E-state index >= 15 is 0 Å². The van der Waals surface area contributed by atoms with Gasteiger partial charge in [0.1, 0.15) is 0 Å². The maximum atomic E-state index is 13.1. The Morgan fingerprint density at radius 3 is 2.44 bits per heavy atom. The number of amides is 2. The van der Waals surface area contributed by atoms with Gasteiger partial charge in [0.2, 0.25) is 15.9 Å². The van der Waals surface area contributed by atoms with Crippen LogP contribution in [0, 0.1) is 11.8 Å². The molecule has 8 nitrogen and oxygen atoms in total. The van der Waals surface area contributed by atoms with Crippen molar-refractivity contribution in [1.82, 2.24) is 14.5 Å². The summed E-state index contributed by atoms with van der Waals surface area (Å²) >= 11 is 0. The Kier molecular flexibility index (Phi) is 8.00. The van der Waals surface area contributed by atoms with Crippen LogP contribution < -0.4 is 5.32 Å². The fourth-order valence-electron chi connectivity index (χ4n) is 5.47. The van der Waals surface area contributed by atoms with Gasteiger partial charge in [-0.15, -0.1) is 0 Å². The van der Waals surface area contributed by atoms with E-state index in [1.807, 2.05) is 0 Å². The van der Waals surface area contributed by atoms with Crippen LogP contribution in [0.2, 0.25) is 0 Å². The first kappa shape index (κ1) is 28.2. The van der Waals surface area contributed by atoms with Crippen molar-refractivity contribution in [2.45, 2.75) is 82.1 Å². The number of halogens is 3. The highest BCUT2D eigenvalue weighted by Crippen LogP contribution is 2.41. The first-order valence-electron chi connectivity index (χ1n) is 12.0. The Labute approximate surface area is 209 Å². The maximum Gasteiger partial charge on any atom is 0.416 e. The molecule has 202 valence electrons. The number of carboxylic acid groups (broad SMARTS) is 1. The number of nitrogens with zero attached hydrogens (tertiary/aromatic N) is 2. The van der Waals surface area contributed by atoms with Gasteiger partial charge in [-0.1, -0.05) is 6.07 Å². The SMILES string of the molecule is CC(CCC(=O)N[C@@H]1CC[C@H]2CN(S(=O)(=O)c3cccc(C(F)(F)F)c3)C[C@H]21)N(C(=O)O)C(C)(C)C. The summed E-state index contributed by atoms with van der Waals surface area (Å²) in [5.74, 6) is -0.346. The predicted octanol–water partition coefficient (Wildman–Crippen LogP) is 4.17. The molecule has 2 amide bonds. The fraction of sp³-hybridized carbons (Fsp3) is 0.667. The Morgan fingerprint density at radius 2 is 1.86 bits per heavy atom. The number of fused-ring (bicyclic) bond motifs is 1. The number of sulfonamides is 1. The van der Waals surface area contributed by atoms with Crippen LogP contribution in [0.15, 0.2) is 29.2 Å². The fourth-order valence-corrected chi connectivity index (χ4v) is 7.05. The second-order valence-electron chi connectivity index (χ2n) is 10.7. The molecule has 2 aliphatic rings. The summed E-state index contributed by atoms with van der Waals surface area (Å²) in [5.41, 5.74) is -1.63. The molecule has 0 aromatic heterocycles. The molecule has 3 rings (SSSR count). The summed E-state index contributed by atoms with van der Waals surface area (Å²) in [4.78, 5) is 25.2. The molecule has 12 heteroatoms. The molecule has 2 fully saturated rings. The normalized spacial score (nSPS) is 23.8. The van der Waals surface area contributed by atoms with Crippen LogP contribution in [0.1, 0.15) is 58.9 Å². The summed E-state index contributed by atoms with van der Waals surface area (Å²) in [6, 6.07) is 3.13. The largest absolute Gasteiger partial charge is 0.465 e. The molecule has 36 heavy (non-hydrogen) atoms. The highest BCUT2D eigenvalue weighted by molar-refractivity contribution is 7.89. The van der Waals surface area contributed by atoms with Crippen molar-refractivity contribution in [2.24, 2.45) is 11.8 Å². The highest BCUT2D eigenvalue weighted by atomic mass is 32.2. The van der Waals surface area contributed by atoms with Crippen molar-refractivity contribution < 1.29 is 36.3 Å². The van der Waals surface area contributed by atoms with Gasteiger partial charge in [0.15, 0.2) is 0 Å². The molecular weight excluding hydrogens is 499 g/mol. The number of hydrogen-bond acceptors (Lipinski definition) is 4. The monoisotopic (exact) mass is 533 g/mol. The van der Waals surface area contributed by atoms with Crippen molar-refractivity contribution in [3.63, 3.8) is 0 Å². The third-order valence-electron chi connectivity index (χ3n) is 7.13. The van der Waals surface area contributed by atoms with Crippen molar-refractivity contribution in [3.05, 3.63) is 29.8 Å². The number of carbonyl (C=O) groups excluding carboxylic acids is 1. The van der Waals surface area contributed by atoms with Gasteiger partial charge in [-0.3, -0.25) is 4.79 Å². The summed E-state index contributed by atoms with van der Waals surface area (Å²) < 4.78 is 66.6. The lowest BCUT2D eigenvalue weighted by Gasteiger charge is -2.38. The second-order valence-corrected chi connectivity index (χ2v) is 12.7. The number of carbonyl (C=O) groups is 2. The molecule has 1 saturated carbocycles. The summed E-state index contributed by atoms with van der Waals surface area (Å²) in [6.07, 6.45) is -3.83. The average Bonchev–Trinajstić information content (AvgIpc) is 3.33. The minimum absolute atomic E-state index is 0.0122. The molecule has 1 saturated heterocycles. The van der Waals surface area contributed by atoms with Crippen molar-refractivity contribution in [1.29, 1.82) is 0 Å². The van der Waals surface area contributed by atoms with E-state index in [1.165, 1.54) is 9.21 Å². The number of rotatable bonds is 7.